The lowest BCUT2D eigenvalue weighted by Crippen LogP contribution is -2.38. The van der Waals surface area contributed by atoms with Gasteiger partial charge in [0.1, 0.15) is 0 Å². The van der Waals surface area contributed by atoms with Gasteiger partial charge in [-0.25, -0.2) is 9.69 Å². The molecule has 0 bridgehead atoms. The summed E-state index contributed by atoms with van der Waals surface area (Å²) in [5.74, 6) is 0.0234. The van der Waals surface area contributed by atoms with Gasteiger partial charge >= 0.3 is 6.09 Å². The minimum Gasteiger partial charge on any atom is -0.435 e. The van der Waals surface area contributed by atoms with Crippen molar-refractivity contribution < 1.29 is 14.3 Å². The first-order chi connectivity index (χ1) is 7.74. The van der Waals surface area contributed by atoms with Gasteiger partial charge in [-0.05, 0) is 12.8 Å². The van der Waals surface area contributed by atoms with Crippen molar-refractivity contribution in [2.75, 3.05) is 13.1 Å². The zero-order chi connectivity index (χ0) is 11.5. The summed E-state index contributed by atoms with van der Waals surface area (Å²) in [7, 11) is 0. The molecule has 5 heteroatoms. The van der Waals surface area contributed by atoms with Crippen molar-refractivity contribution in [3.8, 4) is 0 Å². The minimum absolute atomic E-state index is 0.192. The van der Waals surface area contributed by atoms with Crippen LogP contribution in [0, 0.1) is 5.92 Å². The van der Waals surface area contributed by atoms with Crippen molar-refractivity contribution in [2.45, 2.75) is 38.2 Å². The first-order valence-electron chi connectivity index (χ1n) is 5.96. The number of hydrogen-bond acceptors (Lipinski definition) is 4. The van der Waals surface area contributed by atoms with E-state index in [9.17, 15) is 9.59 Å². The van der Waals surface area contributed by atoms with Gasteiger partial charge in [0.25, 0.3) is 5.91 Å². The number of carbonyl (C=O) groups excluding carboxylic acids is 2. The Hall–Kier alpha value is -1.10. The van der Waals surface area contributed by atoms with Gasteiger partial charge in [0.15, 0.2) is 6.10 Å². The molecule has 0 spiro atoms. The third-order valence-electron chi connectivity index (χ3n) is 3.39. The van der Waals surface area contributed by atoms with E-state index in [4.69, 9.17) is 10.5 Å². The third kappa shape index (κ3) is 2.04. The summed E-state index contributed by atoms with van der Waals surface area (Å²) in [5, 5.41) is 0. The van der Waals surface area contributed by atoms with Crippen LogP contribution in [0.4, 0.5) is 4.79 Å². The van der Waals surface area contributed by atoms with Crippen LogP contribution in [0.1, 0.15) is 32.1 Å². The quantitative estimate of drug-likeness (QED) is 0.775. The number of amides is 2. The molecular formula is C11H18N2O3. The maximum atomic E-state index is 11.9. The molecule has 1 aliphatic heterocycles. The first-order valence-corrected chi connectivity index (χ1v) is 5.96. The van der Waals surface area contributed by atoms with E-state index in [2.05, 4.69) is 0 Å². The zero-order valence-electron chi connectivity index (χ0n) is 9.35. The second-order valence-corrected chi connectivity index (χ2v) is 4.48. The normalized spacial score (nSPS) is 27.3. The van der Waals surface area contributed by atoms with Crippen LogP contribution in [0.15, 0.2) is 0 Å². The van der Waals surface area contributed by atoms with Gasteiger partial charge in [0.2, 0.25) is 0 Å². The summed E-state index contributed by atoms with van der Waals surface area (Å²) in [4.78, 5) is 24.5. The number of hydrogen-bond donors (Lipinski definition) is 1. The SMILES string of the molecule is NCCN1C(=O)OC(C2CCCCC2)C1=O. The molecule has 0 aromatic heterocycles. The summed E-state index contributed by atoms with van der Waals surface area (Å²) in [6.07, 6.45) is 4.38. The topological polar surface area (TPSA) is 72.6 Å². The molecule has 5 nitrogen and oxygen atoms in total. The van der Waals surface area contributed by atoms with Gasteiger partial charge < -0.3 is 10.5 Å². The van der Waals surface area contributed by atoms with Crippen LogP contribution in [-0.4, -0.2) is 36.1 Å². The molecule has 2 rings (SSSR count). The van der Waals surface area contributed by atoms with E-state index < -0.39 is 12.2 Å². The summed E-state index contributed by atoms with van der Waals surface area (Å²) in [5.41, 5.74) is 5.36. The summed E-state index contributed by atoms with van der Waals surface area (Å²) >= 11 is 0. The van der Waals surface area contributed by atoms with E-state index >= 15 is 0 Å². The predicted molar refractivity (Wildman–Crippen MR) is 57.6 cm³/mol. The Morgan fingerprint density at radius 2 is 1.94 bits per heavy atom. The molecule has 1 saturated carbocycles. The lowest BCUT2D eigenvalue weighted by Gasteiger charge is -2.24. The number of rotatable bonds is 3. The van der Waals surface area contributed by atoms with Gasteiger partial charge in [-0.15, -0.1) is 0 Å². The van der Waals surface area contributed by atoms with Crippen molar-refractivity contribution in [3.05, 3.63) is 0 Å². The van der Waals surface area contributed by atoms with E-state index in [0.717, 1.165) is 30.6 Å². The Bertz CT molecular complexity index is 287. The van der Waals surface area contributed by atoms with Crippen molar-refractivity contribution in [1.82, 2.24) is 4.90 Å². The van der Waals surface area contributed by atoms with Gasteiger partial charge in [-0.1, -0.05) is 19.3 Å². The van der Waals surface area contributed by atoms with E-state index in [1.165, 1.54) is 6.42 Å². The van der Waals surface area contributed by atoms with Crippen LogP contribution >= 0.6 is 0 Å². The number of nitrogens with two attached hydrogens (primary N) is 1. The van der Waals surface area contributed by atoms with Crippen LogP contribution in [0.5, 0.6) is 0 Å². The average molecular weight is 226 g/mol. The molecule has 16 heavy (non-hydrogen) atoms. The minimum atomic E-state index is -0.542. The van der Waals surface area contributed by atoms with E-state index in [-0.39, 0.29) is 24.9 Å². The standard InChI is InChI=1S/C11H18N2O3/c12-6-7-13-10(14)9(16-11(13)15)8-4-2-1-3-5-8/h8-9H,1-7,12H2. The fraction of sp³-hybridized carbons (Fsp3) is 0.818. The molecule has 1 unspecified atom stereocenters. The molecule has 2 fully saturated rings. The third-order valence-corrected chi connectivity index (χ3v) is 3.39. The van der Waals surface area contributed by atoms with Crippen molar-refractivity contribution in [1.29, 1.82) is 0 Å². The highest BCUT2D eigenvalue weighted by atomic mass is 16.6. The maximum Gasteiger partial charge on any atom is 0.417 e. The second kappa shape index (κ2) is 4.82. The van der Waals surface area contributed by atoms with Crippen molar-refractivity contribution >= 4 is 12.0 Å². The summed E-state index contributed by atoms with van der Waals surface area (Å²) in [6, 6.07) is 0. The Morgan fingerprint density at radius 1 is 1.25 bits per heavy atom. The lowest BCUT2D eigenvalue weighted by molar-refractivity contribution is -0.132. The molecular weight excluding hydrogens is 208 g/mol. The lowest BCUT2D eigenvalue weighted by atomic mass is 9.85. The fourth-order valence-electron chi connectivity index (χ4n) is 2.53. The Morgan fingerprint density at radius 3 is 2.56 bits per heavy atom. The van der Waals surface area contributed by atoms with Gasteiger partial charge in [-0.3, -0.25) is 4.79 Å². The van der Waals surface area contributed by atoms with Crippen LogP contribution in [0.3, 0.4) is 0 Å². The van der Waals surface area contributed by atoms with Gasteiger partial charge in [0, 0.05) is 19.0 Å². The second-order valence-electron chi connectivity index (χ2n) is 4.48. The smallest absolute Gasteiger partial charge is 0.417 e. The zero-order valence-corrected chi connectivity index (χ0v) is 9.35. The number of ether oxygens (including phenoxy) is 1. The fourth-order valence-corrected chi connectivity index (χ4v) is 2.53. The molecule has 90 valence electrons. The maximum absolute atomic E-state index is 11.9. The molecule has 0 aromatic carbocycles. The average Bonchev–Trinajstić information content (AvgIpc) is 2.59. The highest BCUT2D eigenvalue weighted by molar-refractivity contribution is 6.00. The predicted octanol–water partition coefficient (Wildman–Crippen LogP) is 0.873. The Labute approximate surface area is 94.9 Å². The van der Waals surface area contributed by atoms with Crippen LogP contribution in [-0.2, 0) is 9.53 Å². The molecule has 1 saturated heterocycles. The number of cyclic esters (lactones) is 1. The highest BCUT2D eigenvalue weighted by Crippen LogP contribution is 2.31. The Balaban J connectivity index is 2.01. The van der Waals surface area contributed by atoms with Crippen molar-refractivity contribution in [2.24, 2.45) is 11.7 Å². The molecule has 0 radical (unpaired) electrons. The molecule has 1 aliphatic carbocycles. The van der Waals surface area contributed by atoms with Gasteiger partial charge in [-0.2, -0.15) is 0 Å². The molecule has 1 heterocycles. The molecule has 2 amide bonds. The summed E-state index contributed by atoms with van der Waals surface area (Å²) < 4.78 is 5.16. The molecule has 0 aromatic rings. The number of imide groups is 1. The Kier molecular flexibility index (Phi) is 3.43. The number of carbonyl (C=O) groups is 2. The monoisotopic (exact) mass is 226 g/mol. The van der Waals surface area contributed by atoms with Crippen molar-refractivity contribution in [3.63, 3.8) is 0 Å². The van der Waals surface area contributed by atoms with Gasteiger partial charge in [0.05, 0.1) is 0 Å². The van der Waals surface area contributed by atoms with Crippen LogP contribution < -0.4 is 5.73 Å². The van der Waals surface area contributed by atoms with Crippen LogP contribution in [0.2, 0.25) is 0 Å². The molecule has 2 aliphatic rings. The van der Waals surface area contributed by atoms with E-state index in [1.807, 2.05) is 0 Å². The summed E-state index contributed by atoms with van der Waals surface area (Å²) in [6.45, 7) is 0.555. The largest absolute Gasteiger partial charge is 0.435 e. The molecule has 2 N–H and O–H groups in total. The first kappa shape index (κ1) is 11.4. The molecule has 1 atom stereocenters. The van der Waals surface area contributed by atoms with Crippen LogP contribution in [0.25, 0.3) is 0 Å². The van der Waals surface area contributed by atoms with E-state index in [0.29, 0.717) is 0 Å². The van der Waals surface area contributed by atoms with E-state index in [1.54, 1.807) is 0 Å². The highest BCUT2D eigenvalue weighted by Gasteiger charge is 2.44. The number of nitrogens with zero attached hydrogens (tertiary/aromatic N) is 1.